The summed E-state index contributed by atoms with van der Waals surface area (Å²) in [5.74, 6) is 0.0312. The van der Waals surface area contributed by atoms with Crippen LogP contribution in [0.15, 0.2) is 23.1 Å². The van der Waals surface area contributed by atoms with E-state index in [1.165, 1.54) is 0 Å². The summed E-state index contributed by atoms with van der Waals surface area (Å²) in [6.45, 7) is 0.813. The summed E-state index contributed by atoms with van der Waals surface area (Å²) < 4.78 is 50.5. The highest BCUT2D eigenvalue weighted by Gasteiger charge is 2.29. The highest BCUT2D eigenvalue weighted by Crippen LogP contribution is 2.25. The Morgan fingerprint density at radius 1 is 1.29 bits per heavy atom. The Labute approximate surface area is 124 Å². The van der Waals surface area contributed by atoms with Crippen LogP contribution in [0.4, 0.5) is 5.69 Å². The van der Waals surface area contributed by atoms with Gasteiger partial charge in [-0.3, -0.25) is 0 Å². The molecule has 0 bridgehead atoms. The first-order valence-corrected chi connectivity index (χ1v) is 10.3. The average Bonchev–Trinajstić information content (AvgIpc) is 2.83. The lowest BCUT2D eigenvalue weighted by atomic mass is 10.2. The summed E-state index contributed by atoms with van der Waals surface area (Å²) >= 11 is 0. The van der Waals surface area contributed by atoms with E-state index in [9.17, 15) is 16.8 Å². The molecule has 8 heteroatoms. The Bertz CT molecular complexity index is 756. The van der Waals surface area contributed by atoms with Gasteiger partial charge in [0.05, 0.1) is 16.4 Å². The van der Waals surface area contributed by atoms with Crippen molar-refractivity contribution in [3.05, 3.63) is 23.8 Å². The fourth-order valence-electron chi connectivity index (χ4n) is 2.84. The number of hydrogen-bond donors (Lipinski definition) is 2. The van der Waals surface area contributed by atoms with Crippen LogP contribution in [-0.4, -0.2) is 40.9 Å². The molecule has 1 aromatic carbocycles. The molecular formula is C13H18N2O4S2. The summed E-state index contributed by atoms with van der Waals surface area (Å²) in [6, 6.07) is 4.46. The van der Waals surface area contributed by atoms with Crippen molar-refractivity contribution in [3.63, 3.8) is 0 Å². The van der Waals surface area contributed by atoms with Crippen molar-refractivity contribution in [2.75, 3.05) is 23.4 Å². The summed E-state index contributed by atoms with van der Waals surface area (Å²) in [5, 5.41) is 3.14. The molecule has 2 aliphatic heterocycles. The van der Waals surface area contributed by atoms with Gasteiger partial charge in [0.1, 0.15) is 0 Å². The van der Waals surface area contributed by atoms with Crippen LogP contribution in [0.1, 0.15) is 18.4 Å². The van der Waals surface area contributed by atoms with Gasteiger partial charge in [0, 0.05) is 18.3 Å². The van der Waals surface area contributed by atoms with Gasteiger partial charge in [0.15, 0.2) is 9.84 Å². The number of nitrogens with one attached hydrogen (secondary N) is 2. The standard InChI is InChI=1S/C13H18N2O4S2/c16-20(17)7-1-2-11(9-20)15-21(18,19)12-4-3-10-5-6-14-13(10)8-12/h3-4,8,11,14-15H,1-2,5-7,9H2. The Morgan fingerprint density at radius 3 is 2.86 bits per heavy atom. The van der Waals surface area contributed by atoms with Crippen LogP contribution in [0.2, 0.25) is 0 Å². The number of hydrogen-bond acceptors (Lipinski definition) is 5. The second-order valence-corrected chi connectivity index (χ2v) is 9.51. The number of anilines is 1. The van der Waals surface area contributed by atoms with Crippen LogP contribution >= 0.6 is 0 Å². The van der Waals surface area contributed by atoms with Crippen LogP contribution in [0.25, 0.3) is 0 Å². The van der Waals surface area contributed by atoms with Crippen LogP contribution in [0, 0.1) is 0 Å². The minimum absolute atomic E-state index is 0.116. The lowest BCUT2D eigenvalue weighted by Gasteiger charge is -2.23. The third-order valence-electron chi connectivity index (χ3n) is 3.89. The number of fused-ring (bicyclic) bond motifs is 1. The van der Waals surface area contributed by atoms with Gasteiger partial charge in [-0.25, -0.2) is 21.6 Å². The van der Waals surface area contributed by atoms with Crippen LogP contribution in [0.3, 0.4) is 0 Å². The summed E-state index contributed by atoms with van der Waals surface area (Å²) in [6.07, 6.45) is 1.95. The molecule has 0 aromatic heterocycles. The van der Waals surface area contributed by atoms with Gasteiger partial charge in [0.25, 0.3) is 0 Å². The molecule has 0 saturated carbocycles. The van der Waals surface area contributed by atoms with Crippen molar-refractivity contribution < 1.29 is 16.8 Å². The van der Waals surface area contributed by atoms with E-state index in [1.54, 1.807) is 12.1 Å². The Hall–Kier alpha value is -1.12. The molecule has 3 rings (SSSR count). The SMILES string of the molecule is O=S1(=O)CCCC(NS(=O)(=O)c2ccc3c(c2)NCC3)C1. The molecule has 2 heterocycles. The van der Waals surface area contributed by atoms with Crippen molar-refractivity contribution in [3.8, 4) is 0 Å². The van der Waals surface area contributed by atoms with E-state index in [4.69, 9.17) is 0 Å². The minimum Gasteiger partial charge on any atom is -0.384 e. The van der Waals surface area contributed by atoms with E-state index in [2.05, 4.69) is 10.0 Å². The lowest BCUT2D eigenvalue weighted by Crippen LogP contribution is -2.43. The fraction of sp³-hybridized carbons (Fsp3) is 0.538. The molecule has 1 aromatic rings. The van der Waals surface area contributed by atoms with Crippen molar-refractivity contribution in [1.82, 2.24) is 4.72 Å². The Morgan fingerprint density at radius 2 is 2.10 bits per heavy atom. The second-order valence-electron chi connectivity index (χ2n) is 5.57. The van der Waals surface area contributed by atoms with Gasteiger partial charge in [-0.05, 0) is 37.0 Å². The number of sulfone groups is 1. The zero-order valence-corrected chi connectivity index (χ0v) is 13.1. The third kappa shape index (κ3) is 3.22. The van der Waals surface area contributed by atoms with Gasteiger partial charge in [-0.2, -0.15) is 0 Å². The molecule has 0 spiro atoms. The van der Waals surface area contributed by atoms with E-state index >= 15 is 0 Å². The quantitative estimate of drug-likeness (QED) is 0.842. The predicted octanol–water partition coefficient (Wildman–Crippen LogP) is 0.510. The van der Waals surface area contributed by atoms with Crippen molar-refractivity contribution in [1.29, 1.82) is 0 Å². The summed E-state index contributed by atoms with van der Waals surface area (Å²) in [7, 11) is -6.82. The van der Waals surface area contributed by atoms with Gasteiger partial charge < -0.3 is 5.32 Å². The molecule has 0 radical (unpaired) electrons. The van der Waals surface area contributed by atoms with E-state index in [-0.39, 0.29) is 16.4 Å². The molecule has 0 aliphatic carbocycles. The zero-order valence-electron chi connectivity index (χ0n) is 11.5. The lowest BCUT2D eigenvalue weighted by molar-refractivity contribution is 0.517. The van der Waals surface area contributed by atoms with E-state index in [1.807, 2.05) is 6.07 Å². The summed E-state index contributed by atoms with van der Waals surface area (Å²) in [5.41, 5.74) is 1.95. The Kier molecular flexibility index (Phi) is 3.71. The molecular weight excluding hydrogens is 312 g/mol. The van der Waals surface area contributed by atoms with Gasteiger partial charge in [-0.15, -0.1) is 0 Å². The van der Waals surface area contributed by atoms with Gasteiger partial charge >= 0.3 is 0 Å². The molecule has 1 fully saturated rings. The Balaban J connectivity index is 1.81. The van der Waals surface area contributed by atoms with E-state index < -0.39 is 25.9 Å². The molecule has 2 aliphatic rings. The first-order chi connectivity index (χ1) is 9.86. The van der Waals surface area contributed by atoms with Crippen LogP contribution in [0.5, 0.6) is 0 Å². The molecule has 1 atom stereocenters. The molecule has 116 valence electrons. The molecule has 1 saturated heterocycles. The van der Waals surface area contributed by atoms with Crippen molar-refractivity contribution >= 4 is 25.5 Å². The number of rotatable bonds is 3. The highest BCUT2D eigenvalue weighted by molar-refractivity contribution is 7.91. The first kappa shape index (κ1) is 14.8. The fourth-order valence-corrected chi connectivity index (χ4v) is 5.88. The summed E-state index contributed by atoms with van der Waals surface area (Å²) in [4.78, 5) is 0.179. The normalized spacial score (nSPS) is 24.3. The third-order valence-corrected chi connectivity index (χ3v) is 7.23. The predicted molar refractivity (Wildman–Crippen MR) is 80.6 cm³/mol. The van der Waals surface area contributed by atoms with Crippen molar-refractivity contribution in [2.45, 2.75) is 30.2 Å². The number of benzene rings is 1. The molecule has 0 amide bonds. The monoisotopic (exact) mass is 330 g/mol. The van der Waals surface area contributed by atoms with Crippen LogP contribution in [-0.2, 0) is 26.3 Å². The smallest absolute Gasteiger partial charge is 0.240 e. The average molecular weight is 330 g/mol. The number of sulfonamides is 1. The largest absolute Gasteiger partial charge is 0.384 e. The van der Waals surface area contributed by atoms with E-state index in [0.717, 1.165) is 24.2 Å². The topological polar surface area (TPSA) is 92.3 Å². The maximum Gasteiger partial charge on any atom is 0.240 e. The minimum atomic E-state index is -3.69. The first-order valence-electron chi connectivity index (χ1n) is 6.95. The van der Waals surface area contributed by atoms with Crippen molar-refractivity contribution in [2.24, 2.45) is 0 Å². The van der Waals surface area contributed by atoms with Gasteiger partial charge in [0.2, 0.25) is 10.0 Å². The highest BCUT2D eigenvalue weighted by atomic mass is 32.2. The maximum absolute atomic E-state index is 12.4. The van der Waals surface area contributed by atoms with E-state index in [0.29, 0.717) is 12.8 Å². The van der Waals surface area contributed by atoms with Crippen LogP contribution < -0.4 is 10.0 Å². The van der Waals surface area contributed by atoms with Gasteiger partial charge in [-0.1, -0.05) is 6.07 Å². The molecule has 6 nitrogen and oxygen atoms in total. The molecule has 21 heavy (non-hydrogen) atoms. The maximum atomic E-state index is 12.4. The molecule has 2 N–H and O–H groups in total. The molecule has 1 unspecified atom stereocenters. The zero-order chi connectivity index (χ0) is 15.1. The second kappa shape index (κ2) is 5.26.